The Balaban J connectivity index is 1.42. The molecule has 1 aromatic carbocycles. The quantitative estimate of drug-likeness (QED) is 0.214. The maximum Gasteiger partial charge on any atom is 0.141 e. The van der Waals surface area contributed by atoms with E-state index in [0.29, 0.717) is 12.5 Å². The van der Waals surface area contributed by atoms with Crippen LogP contribution < -0.4 is 16.4 Å². The number of nitrogens with one attached hydrogen (secondary N) is 2. The molecule has 0 spiro atoms. The van der Waals surface area contributed by atoms with Crippen molar-refractivity contribution in [2.24, 2.45) is 10.7 Å². The highest BCUT2D eigenvalue weighted by molar-refractivity contribution is 7.80. The number of benzene rings is 1. The number of thiophene rings is 1. The standard InChI is InChI=1S/C20H22N4S2/c21-20(19-6-3-13-26-19)24-16-9-7-15(8-10-16)11-12-22-14-23-17-4-1-2-5-18(17)25/h1-4,6-10,13,22-23H,5,11-12,14H2,(H2,21,24). The Labute approximate surface area is 163 Å². The zero-order chi connectivity index (χ0) is 18.2. The minimum atomic E-state index is 0.560. The van der Waals surface area contributed by atoms with E-state index < -0.39 is 0 Å². The van der Waals surface area contributed by atoms with Gasteiger partial charge in [-0.1, -0.05) is 42.6 Å². The summed E-state index contributed by atoms with van der Waals surface area (Å²) in [4.78, 5) is 6.43. The van der Waals surface area contributed by atoms with E-state index in [-0.39, 0.29) is 0 Å². The van der Waals surface area contributed by atoms with Crippen LogP contribution in [-0.4, -0.2) is 23.9 Å². The molecule has 1 heterocycles. The summed E-state index contributed by atoms with van der Waals surface area (Å²) < 4.78 is 0. The van der Waals surface area contributed by atoms with Gasteiger partial charge in [-0.05, 0) is 41.6 Å². The Morgan fingerprint density at radius 2 is 2.08 bits per heavy atom. The van der Waals surface area contributed by atoms with E-state index in [1.165, 1.54) is 5.56 Å². The predicted octanol–water partition coefficient (Wildman–Crippen LogP) is 3.68. The van der Waals surface area contributed by atoms with Crippen molar-refractivity contribution < 1.29 is 0 Å². The highest BCUT2D eigenvalue weighted by Gasteiger charge is 2.04. The second-order valence-corrected chi connectivity index (χ2v) is 7.32. The average molecular weight is 383 g/mol. The highest BCUT2D eigenvalue weighted by atomic mass is 32.1. The van der Waals surface area contributed by atoms with Crippen LogP contribution >= 0.6 is 23.6 Å². The van der Waals surface area contributed by atoms with Gasteiger partial charge in [-0.3, -0.25) is 5.32 Å². The molecular weight excluding hydrogens is 360 g/mol. The summed E-state index contributed by atoms with van der Waals surface area (Å²) in [5.41, 5.74) is 9.20. The van der Waals surface area contributed by atoms with Gasteiger partial charge in [0.2, 0.25) is 0 Å². The Hall–Kier alpha value is -2.28. The van der Waals surface area contributed by atoms with Gasteiger partial charge in [-0.15, -0.1) is 11.3 Å². The lowest BCUT2D eigenvalue weighted by molar-refractivity contribution is 0.641. The number of amidine groups is 1. The smallest absolute Gasteiger partial charge is 0.141 e. The van der Waals surface area contributed by atoms with Crippen molar-refractivity contribution in [1.29, 1.82) is 0 Å². The number of hydrogen-bond donors (Lipinski definition) is 3. The minimum Gasteiger partial charge on any atom is -0.383 e. The van der Waals surface area contributed by atoms with Gasteiger partial charge in [0.05, 0.1) is 17.2 Å². The lowest BCUT2D eigenvalue weighted by Crippen LogP contribution is -2.32. The predicted molar refractivity (Wildman–Crippen MR) is 115 cm³/mol. The summed E-state index contributed by atoms with van der Waals surface area (Å²) in [5, 5.41) is 8.71. The van der Waals surface area contributed by atoms with Gasteiger partial charge in [0, 0.05) is 23.5 Å². The number of thiocarbonyl (C=S) groups is 1. The second kappa shape index (κ2) is 9.43. The number of aliphatic imine (C=N–C) groups is 1. The van der Waals surface area contributed by atoms with E-state index in [9.17, 15) is 0 Å². The largest absolute Gasteiger partial charge is 0.383 e. The van der Waals surface area contributed by atoms with Crippen molar-refractivity contribution in [3.8, 4) is 0 Å². The van der Waals surface area contributed by atoms with Crippen LogP contribution in [0.4, 0.5) is 5.69 Å². The normalized spacial score (nSPS) is 14.4. The number of allylic oxidation sites excluding steroid dienone is 4. The number of rotatable bonds is 8. The molecule has 4 nitrogen and oxygen atoms in total. The van der Waals surface area contributed by atoms with Crippen molar-refractivity contribution in [3.63, 3.8) is 0 Å². The third kappa shape index (κ3) is 5.36. The van der Waals surface area contributed by atoms with Crippen molar-refractivity contribution in [2.75, 3.05) is 13.2 Å². The summed E-state index contributed by atoms with van der Waals surface area (Å²) in [6, 6.07) is 12.2. The van der Waals surface area contributed by atoms with Crippen LogP contribution in [0.1, 0.15) is 16.9 Å². The molecule has 0 unspecified atom stereocenters. The molecule has 4 N–H and O–H groups in total. The molecule has 1 aromatic heterocycles. The van der Waals surface area contributed by atoms with Crippen LogP contribution in [0.2, 0.25) is 0 Å². The van der Waals surface area contributed by atoms with E-state index >= 15 is 0 Å². The van der Waals surface area contributed by atoms with Crippen molar-refractivity contribution in [1.82, 2.24) is 10.6 Å². The summed E-state index contributed by atoms with van der Waals surface area (Å²) >= 11 is 6.91. The Bertz CT molecular complexity index is 818. The number of nitrogens with zero attached hydrogens (tertiary/aromatic N) is 1. The molecule has 1 aliphatic rings. The first-order valence-corrected chi connectivity index (χ1v) is 9.83. The van der Waals surface area contributed by atoms with Crippen molar-refractivity contribution in [3.05, 3.63) is 76.1 Å². The van der Waals surface area contributed by atoms with E-state index in [4.69, 9.17) is 18.0 Å². The maximum atomic E-state index is 6.02. The van der Waals surface area contributed by atoms with E-state index in [1.807, 2.05) is 41.8 Å². The first kappa shape index (κ1) is 18.5. The molecule has 1 aliphatic carbocycles. The monoisotopic (exact) mass is 382 g/mol. The van der Waals surface area contributed by atoms with Gasteiger partial charge in [0.15, 0.2) is 0 Å². The molecule has 0 saturated carbocycles. The Morgan fingerprint density at radius 1 is 1.23 bits per heavy atom. The summed E-state index contributed by atoms with van der Waals surface area (Å²) in [7, 11) is 0. The van der Waals surface area contributed by atoms with Gasteiger partial charge < -0.3 is 11.1 Å². The van der Waals surface area contributed by atoms with Crippen molar-refractivity contribution >= 4 is 39.9 Å². The van der Waals surface area contributed by atoms with Crippen LogP contribution in [-0.2, 0) is 6.42 Å². The van der Waals surface area contributed by atoms with Crippen LogP contribution in [0, 0.1) is 0 Å². The maximum absolute atomic E-state index is 6.02. The first-order chi connectivity index (χ1) is 12.7. The number of nitrogens with two attached hydrogens (primary N) is 1. The molecule has 0 amide bonds. The molecule has 26 heavy (non-hydrogen) atoms. The van der Waals surface area contributed by atoms with Crippen LogP contribution in [0.15, 0.2) is 70.7 Å². The fourth-order valence-corrected chi connectivity index (χ4v) is 3.40. The molecule has 0 fully saturated rings. The SMILES string of the molecule is NC(=Nc1ccc(CCNCNC2=CC=CCC2=S)cc1)c1cccs1. The van der Waals surface area contributed by atoms with E-state index in [1.54, 1.807) is 11.3 Å². The second-order valence-electron chi connectivity index (χ2n) is 5.88. The molecule has 0 radical (unpaired) electrons. The molecule has 3 rings (SSSR count). The third-order valence-electron chi connectivity index (χ3n) is 3.96. The Morgan fingerprint density at radius 3 is 2.81 bits per heavy atom. The van der Waals surface area contributed by atoms with Gasteiger partial charge in [0.1, 0.15) is 5.84 Å². The van der Waals surface area contributed by atoms with Gasteiger partial charge >= 0.3 is 0 Å². The summed E-state index contributed by atoms with van der Waals surface area (Å²) in [6.07, 6.45) is 7.93. The van der Waals surface area contributed by atoms with Gasteiger partial charge in [-0.25, -0.2) is 4.99 Å². The summed E-state index contributed by atoms with van der Waals surface area (Å²) in [6.45, 7) is 1.60. The fraction of sp³-hybridized carbons (Fsp3) is 0.200. The highest BCUT2D eigenvalue weighted by Crippen LogP contribution is 2.16. The first-order valence-electron chi connectivity index (χ1n) is 8.54. The van der Waals surface area contributed by atoms with Crippen LogP contribution in [0.3, 0.4) is 0 Å². The molecule has 6 heteroatoms. The van der Waals surface area contributed by atoms with Crippen molar-refractivity contribution in [2.45, 2.75) is 12.8 Å². The fourth-order valence-electron chi connectivity index (χ4n) is 2.53. The molecular formula is C20H22N4S2. The zero-order valence-electron chi connectivity index (χ0n) is 14.4. The van der Waals surface area contributed by atoms with Gasteiger partial charge in [-0.2, -0.15) is 0 Å². The van der Waals surface area contributed by atoms with Crippen LogP contribution in [0.5, 0.6) is 0 Å². The lowest BCUT2D eigenvalue weighted by Gasteiger charge is -2.14. The molecule has 0 aliphatic heterocycles. The van der Waals surface area contributed by atoms with E-state index in [0.717, 1.165) is 40.5 Å². The molecule has 134 valence electrons. The molecule has 0 saturated heterocycles. The van der Waals surface area contributed by atoms with Gasteiger partial charge in [0.25, 0.3) is 0 Å². The lowest BCUT2D eigenvalue weighted by atomic mass is 10.1. The zero-order valence-corrected chi connectivity index (χ0v) is 16.1. The Kier molecular flexibility index (Phi) is 6.71. The molecule has 0 bridgehead atoms. The topological polar surface area (TPSA) is 62.4 Å². The average Bonchev–Trinajstić information content (AvgIpc) is 3.19. The minimum absolute atomic E-state index is 0.560. The molecule has 0 atom stereocenters. The van der Waals surface area contributed by atoms with E-state index in [2.05, 4.69) is 33.8 Å². The molecule has 2 aromatic rings. The third-order valence-corrected chi connectivity index (χ3v) is 5.24. The van der Waals surface area contributed by atoms with Crippen LogP contribution in [0.25, 0.3) is 0 Å². The summed E-state index contributed by atoms with van der Waals surface area (Å²) in [5.74, 6) is 0.560. The number of hydrogen-bond acceptors (Lipinski definition) is 5.